The molecular formula is C14H26N2O. The number of carbonyl (C=O) groups is 1. The maximum atomic E-state index is 12.5. The molecule has 0 aromatic carbocycles. The van der Waals surface area contributed by atoms with Crippen molar-refractivity contribution in [3.05, 3.63) is 0 Å². The largest absolute Gasteiger partial charge is 0.325 e. The summed E-state index contributed by atoms with van der Waals surface area (Å²) in [6, 6.07) is 0.845. The number of urea groups is 1. The van der Waals surface area contributed by atoms with Crippen LogP contribution in [-0.2, 0) is 0 Å². The van der Waals surface area contributed by atoms with Gasteiger partial charge in [-0.2, -0.15) is 0 Å². The second-order valence-electron chi connectivity index (χ2n) is 6.23. The van der Waals surface area contributed by atoms with Crippen LogP contribution < -0.4 is 0 Å². The Hall–Kier alpha value is -0.730. The number of amides is 2. The number of hydrogen-bond donors (Lipinski definition) is 0. The van der Waals surface area contributed by atoms with Gasteiger partial charge in [-0.1, -0.05) is 20.8 Å². The maximum Gasteiger partial charge on any atom is 0.320 e. The third-order valence-electron chi connectivity index (χ3n) is 3.85. The molecule has 0 bridgehead atoms. The first-order chi connectivity index (χ1) is 8.08. The van der Waals surface area contributed by atoms with E-state index >= 15 is 0 Å². The summed E-state index contributed by atoms with van der Waals surface area (Å²) in [6.45, 7) is 9.52. The van der Waals surface area contributed by atoms with E-state index in [9.17, 15) is 4.79 Å². The van der Waals surface area contributed by atoms with E-state index in [-0.39, 0.29) is 0 Å². The zero-order valence-electron chi connectivity index (χ0n) is 11.5. The fourth-order valence-corrected chi connectivity index (χ4v) is 2.54. The van der Waals surface area contributed by atoms with E-state index in [4.69, 9.17) is 0 Å². The average Bonchev–Trinajstić information content (AvgIpc) is 3.09. The summed E-state index contributed by atoms with van der Waals surface area (Å²) in [6.07, 6.45) is 4.77. The first-order valence-electron chi connectivity index (χ1n) is 7.13. The lowest BCUT2D eigenvalue weighted by molar-refractivity contribution is 0.127. The SMILES string of the molecule is CC(C)CN(C(=O)N1CCC(C)CC1)C1CC1. The monoisotopic (exact) mass is 238 g/mol. The molecule has 2 rings (SSSR count). The Morgan fingerprint density at radius 1 is 1.24 bits per heavy atom. The Morgan fingerprint density at radius 3 is 2.29 bits per heavy atom. The normalized spacial score (nSPS) is 22.0. The van der Waals surface area contributed by atoms with Crippen LogP contribution in [0.4, 0.5) is 4.79 Å². The van der Waals surface area contributed by atoms with Gasteiger partial charge < -0.3 is 9.80 Å². The third kappa shape index (κ3) is 3.36. The molecule has 0 spiro atoms. The molecular weight excluding hydrogens is 212 g/mol. The fraction of sp³-hybridized carbons (Fsp3) is 0.929. The van der Waals surface area contributed by atoms with Crippen molar-refractivity contribution < 1.29 is 4.79 Å². The molecule has 0 N–H and O–H groups in total. The Morgan fingerprint density at radius 2 is 1.82 bits per heavy atom. The second-order valence-corrected chi connectivity index (χ2v) is 6.23. The van der Waals surface area contributed by atoms with Crippen LogP contribution in [0.5, 0.6) is 0 Å². The van der Waals surface area contributed by atoms with Crippen LogP contribution >= 0.6 is 0 Å². The van der Waals surface area contributed by atoms with E-state index in [2.05, 4.69) is 30.6 Å². The molecule has 0 aromatic heterocycles. The van der Waals surface area contributed by atoms with Crippen molar-refractivity contribution in [3.8, 4) is 0 Å². The molecule has 1 aliphatic heterocycles. The Bertz CT molecular complexity index is 265. The van der Waals surface area contributed by atoms with E-state index in [0.29, 0.717) is 18.0 Å². The van der Waals surface area contributed by atoms with Crippen molar-refractivity contribution >= 4 is 6.03 Å². The predicted octanol–water partition coefficient (Wildman–Crippen LogP) is 2.96. The van der Waals surface area contributed by atoms with Gasteiger partial charge in [0.05, 0.1) is 0 Å². The molecule has 3 nitrogen and oxygen atoms in total. The second kappa shape index (κ2) is 5.28. The van der Waals surface area contributed by atoms with Gasteiger partial charge in [0, 0.05) is 25.7 Å². The summed E-state index contributed by atoms with van der Waals surface area (Å²) in [5, 5.41) is 0. The fourth-order valence-electron chi connectivity index (χ4n) is 2.54. The molecule has 0 unspecified atom stereocenters. The highest BCUT2D eigenvalue weighted by molar-refractivity contribution is 5.75. The van der Waals surface area contributed by atoms with Gasteiger partial charge in [-0.3, -0.25) is 0 Å². The number of rotatable bonds is 3. The molecule has 2 fully saturated rings. The number of piperidine rings is 1. The lowest BCUT2D eigenvalue weighted by Crippen LogP contribution is -2.48. The first kappa shape index (κ1) is 12.7. The van der Waals surface area contributed by atoms with Crippen LogP contribution in [-0.4, -0.2) is 41.5 Å². The molecule has 1 saturated heterocycles. The van der Waals surface area contributed by atoms with Crippen LogP contribution in [0.3, 0.4) is 0 Å². The van der Waals surface area contributed by atoms with Crippen LogP contribution in [0, 0.1) is 11.8 Å². The molecule has 2 amide bonds. The van der Waals surface area contributed by atoms with Crippen molar-refractivity contribution in [2.75, 3.05) is 19.6 Å². The molecule has 98 valence electrons. The topological polar surface area (TPSA) is 23.6 Å². The first-order valence-corrected chi connectivity index (χ1v) is 7.13. The van der Waals surface area contributed by atoms with Gasteiger partial charge in [0.1, 0.15) is 0 Å². The quantitative estimate of drug-likeness (QED) is 0.741. The number of nitrogens with zero attached hydrogens (tertiary/aromatic N) is 2. The highest BCUT2D eigenvalue weighted by Crippen LogP contribution is 2.29. The molecule has 1 aliphatic carbocycles. The lowest BCUT2D eigenvalue weighted by Gasteiger charge is -2.35. The van der Waals surface area contributed by atoms with Crippen LogP contribution in [0.25, 0.3) is 0 Å². The molecule has 0 radical (unpaired) electrons. The number of likely N-dealkylation sites (tertiary alicyclic amines) is 1. The Balaban J connectivity index is 1.91. The minimum absolute atomic E-state index is 0.299. The standard InChI is InChI=1S/C14H26N2O/c1-11(2)10-16(13-4-5-13)14(17)15-8-6-12(3)7-9-15/h11-13H,4-10H2,1-3H3. The molecule has 2 aliphatic rings. The molecule has 0 aromatic rings. The highest BCUT2D eigenvalue weighted by Gasteiger charge is 2.35. The zero-order chi connectivity index (χ0) is 12.4. The molecule has 1 heterocycles. The molecule has 17 heavy (non-hydrogen) atoms. The summed E-state index contributed by atoms with van der Waals surface area (Å²) >= 11 is 0. The predicted molar refractivity (Wildman–Crippen MR) is 69.9 cm³/mol. The van der Waals surface area contributed by atoms with Gasteiger partial charge in [0.2, 0.25) is 0 Å². The van der Waals surface area contributed by atoms with Gasteiger partial charge >= 0.3 is 6.03 Å². The average molecular weight is 238 g/mol. The van der Waals surface area contributed by atoms with E-state index in [1.54, 1.807) is 0 Å². The van der Waals surface area contributed by atoms with Crippen molar-refractivity contribution in [2.24, 2.45) is 11.8 Å². The van der Waals surface area contributed by atoms with Crippen molar-refractivity contribution in [2.45, 2.75) is 52.5 Å². The molecule has 0 atom stereocenters. The lowest BCUT2D eigenvalue weighted by atomic mass is 9.99. The minimum atomic E-state index is 0.299. The summed E-state index contributed by atoms with van der Waals surface area (Å²) < 4.78 is 0. The zero-order valence-corrected chi connectivity index (χ0v) is 11.5. The molecule has 1 saturated carbocycles. The molecule has 3 heteroatoms. The van der Waals surface area contributed by atoms with E-state index in [1.165, 1.54) is 25.7 Å². The van der Waals surface area contributed by atoms with Crippen LogP contribution in [0.15, 0.2) is 0 Å². The van der Waals surface area contributed by atoms with Gasteiger partial charge in [-0.15, -0.1) is 0 Å². The van der Waals surface area contributed by atoms with E-state index < -0.39 is 0 Å². The van der Waals surface area contributed by atoms with Crippen LogP contribution in [0.1, 0.15) is 46.5 Å². The Labute approximate surface area is 105 Å². The summed E-state index contributed by atoms with van der Waals surface area (Å²) in [5.74, 6) is 1.36. The van der Waals surface area contributed by atoms with Crippen molar-refractivity contribution in [1.29, 1.82) is 0 Å². The number of hydrogen-bond acceptors (Lipinski definition) is 1. The maximum absolute atomic E-state index is 12.5. The van der Waals surface area contributed by atoms with Crippen molar-refractivity contribution in [3.63, 3.8) is 0 Å². The van der Waals surface area contributed by atoms with Gasteiger partial charge in [-0.25, -0.2) is 4.79 Å². The van der Waals surface area contributed by atoms with Crippen molar-refractivity contribution in [1.82, 2.24) is 9.80 Å². The third-order valence-corrected chi connectivity index (χ3v) is 3.85. The summed E-state index contributed by atoms with van der Waals surface area (Å²) in [5.41, 5.74) is 0. The van der Waals surface area contributed by atoms with E-state index in [1.807, 2.05) is 0 Å². The van der Waals surface area contributed by atoms with Crippen LogP contribution in [0.2, 0.25) is 0 Å². The minimum Gasteiger partial charge on any atom is -0.325 e. The highest BCUT2D eigenvalue weighted by atomic mass is 16.2. The van der Waals surface area contributed by atoms with Gasteiger partial charge in [-0.05, 0) is 37.5 Å². The van der Waals surface area contributed by atoms with E-state index in [0.717, 1.165) is 25.6 Å². The summed E-state index contributed by atoms with van der Waals surface area (Å²) in [4.78, 5) is 16.7. The summed E-state index contributed by atoms with van der Waals surface area (Å²) in [7, 11) is 0. The Kier molecular flexibility index (Phi) is 3.95. The smallest absolute Gasteiger partial charge is 0.320 e. The van der Waals surface area contributed by atoms with Gasteiger partial charge in [0.15, 0.2) is 0 Å². The number of carbonyl (C=O) groups excluding carboxylic acids is 1. The van der Waals surface area contributed by atoms with Gasteiger partial charge in [0.25, 0.3) is 0 Å².